The highest BCUT2D eigenvalue weighted by Gasteiger charge is 2.17. The largest absolute Gasteiger partial charge is 0.293 e. The van der Waals surface area contributed by atoms with E-state index in [4.69, 9.17) is 11.6 Å². The van der Waals surface area contributed by atoms with Crippen LogP contribution < -0.4 is 0 Å². The van der Waals surface area contributed by atoms with Crippen LogP contribution in [0.15, 0.2) is 16.6 Å². The summed E-state index contributed by atoms with van der Waals surface area (Å²) < 4.78 is 0.284. The first kappa shape index (κ1) is 12.1. The van der Waals surface area contributed by atoms with Gasteiger partial charge in [-0.05, 0) is 34.5 Å². The summed E-state index contributed by atoms with van der Waals surface area (Å²) >= 11 is 8.46. The number of ketones is 1. The molecule has 15 heavy (non-hydrogen) atoms. The van der Waals surface area contributed by atoms with Gasteiger partial charge in [-0.2, -0.15) is 0 Å². The highest BCUT2D eigenvalue weighted by Crippen LogP contribution is 2.28. The van der Waals surface area contributed by atoms with Crippen LogP contribution in [-0.4, -0.2) is 16.6 Å². The first-order valence-corrected chi connectivity index (χ1v) is 5.33. The van der Waals surface area contributed by atoms with Crippen LogP contribution >= 0.6 is 27.5 Å². The molecule has 1 rings (SSSR count). The molecule has 0 unspecified atom stereocenters. The third-order valence-corrected chi connectivity index (χ3v) is 2.79. The van der Waals surface area contributed by atoms with Crippen molar-refractivity contribution in [3.8, 4) is 0 Å². The van der Waals surface area contributed by atoms with Gasteiger partial charge < -0.3 is 0 Å². The number of benzene rings is 1. The molecule has 0 heterocycles. The summed E-state index contributed by atoms with van der Waals surface area (Å²) in [6.07, 6.45) is 0. The van der Waals surface area contributed by atoms with Crippen molar-refractivity contribution in [3.05, 3.63) is 37.8 Å². The number of Topliss-reactive ketones (excluding diaryl/α,β-unsaturated/α-hetero) is 1. The first-order chi connectivity index (χ1) is 6.97. The number of alkyl halides is 1. The van der Waals surface area contributed by atoms with E-state index < -0.39 is 4.92 Å². The van der Waals surface area contributed by atoms with E-state index in [1.54, 1.807) is 6.92 Å². The standard InChI is InChI=1S/C9H7BrClNO3/c1-5-2-8(12(14)15)7(10)3-6(5)9(13)4-11/h2-3H,4H2,1H3. The van der Waals surface area contributed by atoms with Gasteiger partial charge in [0.25, 0.3) is 5.69 Å². The fraction of sp³-hybridized carbons (Fsp3) is 0.222. The fourth-order valence-electron chi connectivity index (χ4n) is 1.18. The zero-order valence-electron chi connectivity index (χ0n) is 7.79. The Morgan fingerprint density at radius 3 is 2.67 bits per heavy atom. The summed E-state index contributed by atoms with van der Waals surface area (Å²) in [4.78, 5) is 21.4. The number of aryl methyl sites for hydroxylation is 1. The predicted molar refractivity (Wildman–Crippen MR) is 60.6 cm³/mol. The lowest BCUT2D eigenvalue weighted by atomic mass is 10.1. The van der Waals surface area contributed by atoms with E-state index >= 15 is 0 Å². The minimum absolute atomic E-state index is 0.0568. The van der Waals surface area contributed by atoms with E-state index in [1.807, 2.05) is 0 Å². The van der Waals surface area contributed by atoms with Crippen LogP contribution in [0.5, 0.6) is 0 Å². The van der Waals surface area contributed by atoms with E-state index in [1.165, 1.54) is 12.1 Å². The predicted octanol–water partition coefficient (Wildman–Crippen LogP) is 3.09. The lowest BCUT2D eigenvalue weighted by molar-refractivity contribution is -0.385. The van der Waals surface area contributed by atoms with Crippen LogP contribution in [0.25, 0.3) is 0 Å². The SMILES string of the molecule is Cc1cc([N+](=O)[O-])c(Br)cc1C(=O)CCl. The smallest absolute Gasteiger partial charge is 0.283 e. The summed E-state index contributed by atoms with van der Waals surface area (Å²) in [6.45, 7) is 1.64. The molecule has 0 saturated carbocycles. The van der Waals surface area contributed by atoms with Gasteiger partial charge in [-0.3, -0.25) is 14.9 Å². The van der Waals surface area contributed by atoms with Crippen molar-refractivity contribution in [2.45, 2.75) is 6.92 Å². The summed E-state index contributed by atoms with van der Waals surface area (Å²) in [6, 6.07) is 2.78. The summed E-state index contributed by atoms with van der Waals surface area (Å²) in [5, 5.41) is 10.6. The van der Waals surface area contributed by atoms with E-state index in [-0.39, 0.29) is 21.8 Å². The van der Waals surface area contributed by atoms with Gasteiger partial charge in [-0.1, -0.05) is 0 Å². The molecular formula is C9H7BrClNO3. The van der Waals surface area contributed by atoms with Crippen LogP contribution in [0.3, 0.4) is 0 Å². The zero-order valence-corrected chi connectivity index (χ0v) is 10.1. The van der Waals surface area contributed by atoms with Crippen LogP contribution in [0.4, 0.5) is 5.69 Å². The van der Waals surface area contributed by atoms with E-state index in [0.29, 0.717) is 11.1 Å². The van der Waals surface area contributed by atoms with E-state index in [9.17, 15) is 14.9 Å². The lowest BCUT2D eigenvalue weighted by Crippen LogP contribution is -2.04. The summed E-state index contributed by atoms with van der Waals surface area (Å²) in [5.74, 6) is -0.379. The maximum Gasteiger partial charge on any atom is 0.283 e. The highest BCUT2D eigenvalue weighted by molar-refractivity contribution is 9.10. The second-order valence-corrected chi connectivity index (χ2v) is 4.05. The molecule has 0 radical (unpaired) electrons. The van der Waals surface area contributed by atoms with Gasteiger partial charge in [0.15, 0.2) is 5.78 Å². The van der Waals surface area contributed by atoms with Crippen LogP contribution in [0.1, 0.15) is 15.9 Å². The summed E-state index contributed by atoms with van der Waals surface area (Å²) in [5.41, 5.74) is 0.900. The van der Waals surface area contributed by atoms with Crippen LogP contribution in [0, 0.1) is 17.0 Å². The number of halogens is 2. The van der Waals surface area contributed by atoms with Gasteiger partial charge in [0, 0.05) is 11.6 Å². The number of carbonyl (C=O) groups excluding carboxylic acids is 1. The van der Waals surface area contributed by atoms with Crippen molar-refractivity contribution in [1.82, 2.24) is 0 Å². The van der Waals surface area contributed by atoms with Crippen molar-refractivity contribution in [3.63, 3.8) is 0 Å². The molecule has 0 aliphatic carbocycles. The minimum atomic E-state index is -0.508. The molecule has 80 valence electrons. The van der Waals surface area contributed by atoms with Crippen molar-refractivity contribution >= 4 is 39.0 Å². The first-order valence-electron chi connectivity index (χ1n) is 4.01. The zero-order chi connectivity index (χ0) is 11.6. The van der Waals surface area contributed by atoms with E-state index in [0.717, 1.165) is 0 Å². The van der Waals surface area contributed by atoms with Crippen molar-refractivity contribution in [1.29, 1.82) is 0 Å². The summed E-state index contributed by atoms with van der Waals surface area (Å²) in [7, 11) is 0. The third kappa shape index (κ3) is 2.54. The minimum Gasteiger partial charge on any atom is -0.293 e. The number of nitro benzene ring substituents is 1. The molecule has 1 aromatic rings. The normalized spacial score (nSPS) is 10.1. The number of carbonyl (C=O) groups is 1. The van der Waals surface area contributed by atoms with Gasteiger partial charge in [0.1, 0.15) is 0 Å². The Morgan fingerprint density at radius 1 is 1.60 bits per heavy atom. The molecule has 0 saturated heterocycles. The average Bonchev–Trinajstić information content (AvgIpc) is 2.19. The maximum absolute atomic E-state index is 11.3. The molecule has 0 bridgehead atoms. The number of hydrogen-bond donors (Lipinski definition) is 0. The van der Waals surface area contributed by atoms with Gasteiger partial charge >= 0.3 is 0 Å². The quantitative estimate of drug-likeness (QED) is 0.372. The molecule has 0 aromatic heterocycles. The van der Waals surface area contributed by atoms with Crippen LogP contribution in [-0.2, 0) is 0 Å². The third-order valence-electron chi connectivity index (χ3n) is 1.91. The molecule has 1 aromatic carbocycles. The Morgan fingerprint density at radius 2 is 2.20 bits per heavy atom. The number of rotatable bonds is 3. The number of nitro groups is 1. The van der Waals surface area contributed by atoms with Gasteiger partial charge in [-0.15, -0.1) is 11.6 Å². The van der Waals surface area contributed by atoms with Gasteiger partial charge in [0.05, 0.1) is 15.3 Å². The molecule has 0 atom stereocenters. The molecule has 6 heteroatoms. The topological polar surface area (TPSA) is 60.2 Å². The molecular weight excluding hydrogens is 285 g/mol. The second kappa shape index (κ2) is 4.72. The monoisotopic (exact) mass is 291 g/mol. The van der Waals surface area contributed by atoms with Crippen LogP contribution in [0.2, 0.25) is 0 Å². The number of nitrogens with zero attached hydrogens (tertiary/aromatic N) is 1. The second-order valence-electron chi connectivity index (χ2n) is 2.93. The maximum atomic E-state index is 11.3. The molecule has 0 N–H and O–H groups in total. The van der Waals surface area contributed by atoms with E-state index in [2.05, 4.69) is 15.9 Å². The fourth-order valence-corrected chi connectivity index (χ4v) is 1.81. The molecule has 0 amide bonds. The van der Waals surface area contributed by atoms with Gasteiger partial charge in [-0.25, -0.2) is 0 Å². The van der Waals surface area contributed by atoms with Crippen molar-refractivity contribution < 1.29 is 9.72 Å². The Labute approximate surface area is 99.5 Å². The molecule has 0 aliphatic rings. The lowest BCUT2D eigenvalue weighted by Gasteiger charge is -2.04. The molecule has 0 spiro atoms. The molecule has 0 fully saturated rings. The Hall–Kier alpha value is -0.940. The van der Waals surface area contributed by atoms with Gasteiger partial charge in [0.2, 0.25) is 0 Å². The highest BCUT2D eigenvalue weighted by atomic mass is 79.9. The Kier molecular flexibility index (Phi) is 3.82. The van der Waals surface area contributed by atoms with Crippen molar-refractivity contribution in [2.75, 3.05) is 5.88 Å². The van der Waals surface area contributed by atoms with Crippen molar-refractivity contribution in [2.24, 2.45) is 0 Å². The number of hydrogen-bond acceptors (Lipinski definition) is 3. The molecule has 4 nitrogen and oxygen atoms in total. The average molecular weight is 293 g/mol. The molecule has 0 aliphatic heterocycles. The Bertz CT molecular complexity index is 434. The Balaban J connectivity index is 3.31.